The van der Waals surface area contributed by atoms with E-state index in [1.807, 2.05) is 0 Å². The van der Waals surface area contributed by atoms with Crippen molar-refractivity contribution in [1.82, 2.24) is 24.6 Å². The van der Waals surface area contributed by atoms with Crippen LogP contribution >= 0.6 is 0 Å². The lowest BCUT2D eigenvalue weighted by atomic mass is 9.94. The molecule has 0 saturated carbocycles. The normalized spacial score (nSPS) is 21.9. The maximum Gasteiger partial charge on any atom is 0.345 e. The van der Waals surface area contributed by atoms with Gasteiger partial charge in [0.15, 0.2) is 6.04 Å². The number of rotatable bonds is 5. The molecule has 130 valence electrons. The van der Waals surface area contributed by atoms with Crippen LogP contribution in [-0.4, -0.2) is 68.9 Å². The number of aromatic nitrogens is 2. The second-order valence-electron chi connectivity index (χ2n) is 6.02. The standard InChI is InChI=1S/C15H21N5O4/c1-5-6-24-20-10-7-19(15(20)23)13(14(22)17(2)3)12-11(10)9(8-21)16-18(12)4/h5,10,13,21H,1,6-8H2,2-4H3/t10-,13-/m0/s1. The first kappa shape index (κ1) is 16.5. The van der Waals surface area contributed by atoms with Gasteiger partial charge in [-0.25, -0.2) is 4.79 Å². The zero-order chi connectivity index (χ0) is 17.6. The Balaban J connectivity index is 2.14. The van der Waals surface area contributed by atoms with Gasteiger partial charge in [-0.15, -0.1) is 6.58 Å². The fourth-order valence-corrected chi connectivity index (χ4v) is 3.36. The Kier molecular flexibility index (Phi) is 4.06. The number of urea groups is 1. The van der Waals surface area contributed by atoms with E-state index >= 15 is 0 Å². The van der Waals surface area contributed by atoms with E-state index in [-0.39, 0.29) is 25.2 Å². The van der Waals surface area contributed by atoms with E-state index < -0.39 is 12.1 Å². The third kappa shape index (κ3) is 2.20. The molecule has 3 amide bonds. The number of carbonyl (C=O) groups excluding carboxylic acids is 2. The van der Waals surface area contributed by atoms with E-state index in [1.54, 1.807) is 31.9 Å². The molecule has 0 aromatic carbocycles. The Labute approximate surface area is 139 Å². The summed E-state index contributed by atoms with van der Waals surface area (Å²) >= 11 is 0. The molecule has 3 heterocycles. The maximum atomic E-state index is 12.7. The molecule has 1 N–H and O–H groups in total. The van der Waals surface area contributed by atoms with Crippen molar-refractivity contribution >= 4 is 11.9 Å². The number of hydroxylamine groups is 2. The number of likely N-dealkylation sites (N-methyl/N-ethyl adjacent to an activating group) is 1. The number of carbonyl (C=O) groups is 2. The number of amides is 3. The summed E-state index contributed by atoms with van der Waals surface area (Å²) in [6, 6.07) is -1.56. The van der Waals surface area contributed by atoms with Crippen LogP contribution < -0.4 is 0 Å². The highest BCUT2D eigenvalue weighted by Gasteiger charge is 2.53. The highest BCUT2D eigenvalue weighted by molar-refractivity contribution is 5.90. The van der Waals surface area contributed by atoms with E-state index in [1.165, 1.54) is 14.9 Å². The van der Waals surface area contributed by atoms with Crippen molar-refractivity contribution in [3.63, 3.8) is 0 Å². The van der Waals surface area contributed by atoms with Crippen molar-refractivity contribution < 1.29 is 19.5 Å². The predicted octanol–water partition coefficient (Wildman–Crippen LogP) is -0.0484. The first-order chi connectivity index (χ1) is 11.4. The van der Waals surface area contributed by atoms with Crippen LogP contribution in [0, 0.1) is 0 Å². The number of aryl methyl sites for hydroxylation is 1. The summed E-state index contributed by atoms with van der Waals surface area (Å²) in [4.78, 5) is 33.9. The minimum absolute atomic E-state index is 0.173. The van der Waals surface area contributed by atoms with Crippen LogP contribution in [0.2, 0.25) is 0 Å². The number of nitrogens with zero attached hydrogens (tertiary/aromatic N) is 5. The van der Waals surface area contributed by atoms with Crippen LogP contribution in [0.25, 0.3) is 0 Å². The van der Waals surface area contributed by atoms with Crippen molar-refractivity contribution in [3.8, 4) is 0 Å². The highest BCUT2D eigenvalue weighted by atomic mass is 16.7. The largest absolute Gasteiger partial charge is 0.390 e. The second kappa shape index (κ2) is 5.91. The average molecular weight is 335 g/mol. The summed E-state index contributed by atoms with van der Waals surface area (Å²) in [5.41, 5.74) is 1.76. The molecule has 2 atom stereocenters. The molecular formula is C15H21N5O4. The molecule has 2 bridgehead atoms. The van der Waals surface area contributed by atoms with Crippen LogP contribution in [0.4, 0.5) is 4.79 Å². The quantitative estimate of drug-likeness (QED) is 0.762. The average Bonchev–Trinajstić information content (AvgIpc) is 3.03. The van der Waals surface area contributed by atoms with Gasteiger partial charge in [0, 0.05) is 26.7 Å². The number of aliphatic hydroxyl groups excluding tert-OH is 1. The first-order valence-electron chi connectivity index (χ1n) is 7.63. The highest BCUT2D eigenvalue weighted by Crippen LogP contribution is 2.45. The molecule has 9 nitrogen and oxygen atoms in total. The molecule has 0 unspecified atom stereocenters. The zero-order valence-corrected chi connectivity index (χ0v) is 14.0. The van der Waals surface area contributed by atoms with E-state index in [2.05, 4.69) is 11.7 Å². The molecule has 0 radical (unpaired) electrons. The molecule has 1 fully saturated rings. The summed E-state index contributed by atoms with van der Waals surface area (Å²) in [6.07, 6.45) is 1.55. The second-order valence-corrected chi connectivity index (χ2v) is 6.02. The SMILES string of the molecule is C=CCON1C(=O)N2C[C@H]1c1c(CO)nn(C)c1[C@H]2C(=O)N(C)C. The maximum absolute atomic E-state index is 12.7. The van der Waals surface area contributed by atoms with Gasteiger partial charge in [-0.1, -0.05) is 6.08 Å². The molecule has 2 aliphatic heterocycles. The Morgan fingerprint density at radius 2 is 2.25 bits per heavy atom. The van der Waals surface area contributed by atoms with Gasteiger partial charge in [0.25, 0.3) is 5.91 Å². The molecule has 1 aromatic heterocycles. The molecule has 1 saturated heterocycles. The molecular weight excluding hydrogens is 314 g/mol. The lowest BCUT2D eigenvalue weighted by molar-refractivity contribution is -0.134. The first-order valence-corrected chi connectivity index (χ1v) is 7.63. The fourth-order valence-electron chi connectivity index (χ4n) is 3.36. The Morgan fingerprint density at radius 3 is 2.83 bits per heavy atom. The van der Waals surface area contributed by atoms with Crippen LogP contribution in [0.1, 0.15) is 29.0 Å². The van der Waals surface area contributed by atoms with Gasteiger partial charge in [-0.2, -0.15) is 10.2 Å². The van der Waals surface area contributed by atoms with Gasteiger partial charge in [-0.05, 0) is 0 Å². The smallest absolute Gasteiger partial charge is 0.345 e. The molecule has 24 heavy (non-hydrogen) atoms. The van der Waals surface area contributed by atoms with Gasteiger partial charge in [-0.3, -0.25) is 14.3 Å². The number of aliphatic hydroxyl groups is 1. The Bertz CT molecular complexity index is 698. The molecule has 0 aliphatic carbocycles. The molecule has 9 heteroatoms. The summed E-state index contributed by atoms with van der Waals surface area (Å²) in [5, 5.41) is 15.2. The Morgan fingerprint density at radius 1 is 1.54 bits per heavy atom. The predicted molar refractivity (Wildman–Crippen MR) is 83.4 cm³/mol. The van der Waals surface area contributed by atoms with Crippen molar-refractivity contribution in [1.29, 1.82) is 0 Å². The molecule has 3 rings (SSSR count). The molecule has 2 aliphatic rings. The molecule has 0 spiro atoms. The van der Waals surface area contributed by atoms with E-state index in [0.717, 1.165) is 0 Å². The number of hydrogen-bond acceptors (Lipinski definition) is 5. The summed E-state index contributed by atoms with van der Waals surface area (Å²) in [7, 11) is 4.99. The topological polar surface area (TPSA) is 91.1 Å². The van der Waals surface area contributed by atoms with E-state index in [9.17, 15) is 14.7 Å². The van der Waals surface area contributed by atoms with E-state index in [4.69, 9.17) is 4.84 Å². The number of fused-ring (bicyclic) bond motifs is 4. The third-order valence-electron chi connectivity index (χ3n) is 4.35. The van der Waals surface area contributed by atoms with Crippen molar-refractivity contribution in [2.45, 2.75) is 18.7 Å². The van der Waals surface area contributed by atoms with Crippen molar-refractivity contribution in [3.05, 3.63) is 29.6 Å². The third-order valence-corrected chi connectivity index (χ3v) is 4.35. The number of hydrogen-bond donors (Lipinski definition) is 1. The van der Waals surface area contributed by atoms with Crippen LogP contribution in [0.5, 0.6) is 0 Å². The van der Waals surface area contributed by atoms with Gasteiger partial charge in [0.05, 0.1) is 31.1 Å². The lowest BCUT2D eigenvalue weighted by Crippen LogP contribution is -2.44. The van der Waals surface area contributed by atoms with Gasteiger partial charge >= 0.3 is 6.03 Å². The minimum atomic E-state index is -0.783. The summed E-state index contributed by atoms with van der Waals surface area (Å²) in [6.45, 7) is 3.80. The van der Waals surface area contributed by atoms with Gasteiger partial charge in [0.1, 0.15) is 6.04 Å². The monoisotopic (exact) mass is 335 g/mol. The van der Waals surface area contributed by atoms with Gasteiger partial charge in [0.2, 0.25) is 0 Å². The van der Waals surface area contributed by atoms with Crippen LogP contribution in [-0.2, 0) is 23.3 Å². The van der Waals surface area contributed by atoms with Crippen molar-refractivity contribution in [2.24, 2.45) is 7.05 Å². The fraction of sp³-hybridized carbons (Fsp3) is 0.533. The van der Waals surface area contributed by atoms with Crippen LogP contribution in [0.15, 0.2) is 12.7 Å². The Hall–Kier alpha value is -2.39. The summed E-state index contributed by atoms with van der Waals surface area (Å²) in [5.74, 6) is -0.221. The minimum Gasteiger partial charge on any atom is -0.390 e. The van der Waals surface area contributed by atoms with E-state index in [0.29, 0.717) is 23.5 Å². The van der Waals surface area contributed by atoms with Crippen LogP contribution in [0.3, 0.4) is 0 Å². The van der Waals surface area contributed by atoms with Gasteiger partial charge < -0.3 is 14.9 Å². The lowest BCUT2D eigenvalue weighted by Gasteiger charge is -2.32. The summed E-state index contributed by atoms with van der Waals surface area (Å²) < 4.78 is 1.57. The zero-order valence-electron chi connectivity index (χ0n) is 14.0. The molecule has 1 aromatic rings. The van der Waals surface area contributed by atoms with Crippen molar-refractivity contribution in [2.75, 3.05) is 27.2 Å².